The molecule has 2 aromatic rings. The SMILES string of the molecule is CN(C)C(=O)c1ccc(NCc2ccc(I)o2)cc1. The van der Waals surface area contributed by atoms with Gasteiger partial charge in [0.1, 0.15) is 5.76 Å². The van der Waals surface area contributed by atoms with Gasteiger partial charge in [0.25, 0.3) is 5.91 Å². The fourth-order valence-electron chi connectivity index (χ4n) is 1.62. The van der Waals surface area contributed by atoms with Crippen LogP contribution in [0.3, 0.4) is 0 Å². The van der Waals surface area contributed by atoms with Crippen LogP contribution in [0.4, 0.5) is 5.69 Å². The largest absolute Gasteiger partial charge is 0.454 e. The number of hydrogen-bond donors (Lipinski definition) is 1. The molecule has 0 saturated carbocycles. The topological polar surface area (TPSA) is 45.5 Å². The standard InChI is InChI=1S/C14H15IN2O2/c1-17(2)14(18)10-3-5-11(6-4-10)16-9-12-7-8-13(15)19-12/h3-8,16H,9H2,1-2H3. The van der Waals surface area contributed by atoms with Crippen LogP contribution in [0.25, 0.3) is 0 Å². The van der Waals surface area contributed by atoms with E-state index in [4.69, 9.17) is 4.42 Å². The number of carbonyl (C=O) groups excluding carboxylic acids is 1. The van der Waals surface area contributed by atoms with Gasteiger partial charge in [-0.05, 0) is 59.0 Å². The number of amides is 1. The summed E-state index contributed by atoms with van der Waals surface area (Å²) in [6.45, 7) is 0.629. The Balaban J connectivity index is 1.97. The quantitative estimate of drug-likeness (QED) is 0.841. The van der Waals surface area contributed by atoms with Gasteiger partial charge in [-0.1, -0.05) is 0 Å². The maximum atomic E-state index is 11.7. The zero-order valence-electron chi connectivity index (χ0n) is 10.8. The molecule has 0 aliphatic heterocycles. The van der Waals surface area contributed by atoms with E-state index in [0.717, 1.165) is 15.2 Å². The molecule has 4 nitrogen and oxygen atoms in total. The van der Waals surface area contributed by atoms with Crippen molar-refractivity contribution in [1.82, 2.24) is 4.90 Å². The maximum absolute atomic E-state index is 11.7. The molecule has 0 spiro atoms. The van der Waals surface area contributed by atoms with Crippen molar-refractivity contribution in [2.75, 3.05) is 19.4 Å². The molecule has 19 heavy (non-hydrogen) atoms. The van der Waals surface area contributed by atoms with E-state index in [9.17, 15) is 4.79 Å². The van der Waals surface area contributed by atoms with Crippen molar-refractivity contribution in [2.45, 2.75) is 6.54 Å². The zero-order chi connectivity index (χ0) is 13.8. The summed E-state index contributed by atoms with van der Waals surface area (Å²) < 4.78 is 6.34. The van der Waals surface area contributed by atoms with Crippen molar-refractivity contribution in [3.63, 3.8) is 0 Å². The highest BCUT2D eigenvalue weighted by molar-refractivity contribution is 14.1. The highest BCUT2D eigenvalue weighted by Gasteiger charge is 2.07. The second-order valence-corrected chi connectivity index (χ2v) is 5.40. The van der Waals surface area contributed by atoms with Gasteiger partial charge in [0.15, 0.2) is 3.77 Å². The van der Waals surface area contributed by atoms with Crippen LogP contribution < -0.4 is 5.32 Å². The van der Waals surface area contributed by atoms with Gasteiger partial charge in [0.05, 0.1) is 6.54 Å². The lowest BCUT2D eigenvalue weighted by molar-refractivity contribution is 0.0827. The smallest absolute Gasteiger partial charge is 0.253 e. The number of anilines is 1. The molecule has 5 heteroatoms. The van der Waals surface area contributed by atoms with Crippen molar-refractivity contribution in [2.24, 2.45) is 0 Å². The number of carbonyl (C=O) groups is 1. The number of nitrogens with zero attached hydrogens (tertiary/aromatic N) is 1. The van der Waals surface area contributed by atoms with Crippen LogP contribution in [0, 0.1) is 3.77 Å². The van der Waals surface area contributed by atoms with E-state index in [1.807, 2.05) is 36.4 Å². The molecule has 0 aliphatic rings. The van der Waals surface area contributed by atoms with Gasteiger partial charge in [-0.15, -0.1) is 0 Å². The lowest BCUT2D eigenvalue weighted by atomic mass is 10.2. The van der Waals surface area contributed by atoms with Crippen molar-refractivity contribution in [3.05, 3.63) is 51.5 Å². The molecule has 100 valence electrons. The Bertz CT molecular complexity index is 561. The first-order valence-corrected chi connectivity index (χ1v) is 6.94. The van der Waals surface area contributed by atoms with Gasteiger partial charge in [0, 0.05) is 25.3 Å². The lowest BCUT2D eigenvalue weighted by Crippen LogP contribution is -2.21. The number of benzene rings is 1. The summed E-state index contributed by atoms with van der Waals surface area (Å²) in [5, 5.41) is 3.25. The van der Waals surface area contributed by atoms with Crippen LogP contribution in [-0.4, -0.2) is 24.9 Å². The van der Waals surface area contributed by atoms with Crippen LogP contribution in [-0.2, 0) is 6.54 Å². The number of halogens is 1. The third kappa shape index (κ3) is 3.73. The van der Waals surface area contributed by atoms with Crippen molar-refractivity contribution in [3.8, 4) is 0 Å². The van der Waals surface area contributed by atoms with Gasteiger partial charge >= 0.3 is 0 Å². The Morgan fingerprint density at radius 3 is 2.42 bits per heavy atom. The summed E-state index contributed by atoms with van der Waals surface area (Å²) in [7, 11) is 3.49. The summed E-state index contributed by atoms with van der Waals surface area (Å²) in [6.07, 6.45) is 0. The first-order valence-electron chi connectivity index (χ1n) is 5.86. The normalized spacial score (nSPS) is 10.3. The summed E-state index contributed by atoms with van der Waals surface area (Å²) in [5.41, 5.74) is 1.64. The summed E-state index contributed by atoms with van der Waals surface area (Å²) in [4.78, 5) is 13.3. The molecule has 0 radical (unpaired) electrons. The molecule has 0 fully saturated rings. The first kappa shape index (κ1) is 13.9. The number of rotatable bonds is 4. The molecule has 1 N–H and O–H groups in total. The monoisotopic (exact) mass is 370 g/mol. The van der Waals surface area contributed by atoms with Crippen LogP contribution in [0.15, 0.2) is 40.8 Å². The molecule has 0 bridgehead atoms. The van der Waals surface area contributed by atoms with E-state index in [1.54, 1.807) is 19.0 Å². The first-order chi connectivity index (χ1) is 9.06. The molecule has 1 amide bonds. The second kappa shape index (κ2) is 6.10. The highest BCUT2D eigenvalue weighted by atomic mass is 127. The molecule has 0 atom stereocenters. The Morgan fingerprint density at radius 1 is 1.21 bits per heavy atom. The van der Waals surface area contributed by atoms with Gasteiger partial charge in [-0.3, -0.25) is 4.79 Å². The summed E-state index contributed by atoms with van der Waals surface area (Å²) in [5.74, 6) is 0.894. The van der Waals surface area contributed by atoms with E-state index in [2.05, 4.69) is 27.9 Å². The minimum Gasteiger partial charge on any atom is -0.454 e. The van der Waals surface area contributed by atoms with Gasteiger partial charge in [-0.2, -0.15) is 0 Å². The Hall–Kier alpha value is -1.50. The highest BCUT2D eigenvalue weighted by Crippen LogP contribution is 2.14. The minimum absolute atomic E-state index is 0.00661. The Morgan fingerprint density at radius 2 is 1.89 bits per heavy atom. The molecular weight excluding hydrogens is 355 g/mol. The summed E-state index contributed by atoms with van der Waals surface area (Å²) >= 11 is 2.14. The van der Waals surface area contributed by atoms with Crippen molar-refractivity contribution < 1.29 is 9.21 Å². The van der Waals surface area contributed by atoms with Crippen LogP contribution in [0.5, 0.6) is 0 Å². The number of hydrogen-bond acceptors (Lipinski definition) is 3. The third-order valence-electron chi connectivity index (χ3n) is 2.63. The molecule has 1 aromatic heterocycles. The number of furan rings is 1. The van der Waals surface area contributed by atoms with E-state index >= 15 is 0 Å². The third-order valence-corrected chi connectivity index (χ3v) is 3.21. The molecule has 1 heterocycles. The van der Waals surface area contributed by atoms with Crippen molar-refractivity contribution >= 4 is 34.2 Å². The molecule has 0 saturated heterocycles. The fraction of sp³-hybridized carbons (Fsp3) is 0.214. The van der Waals surface area contributed by atoms with Gasteiger partial charge < -0.3 is 14.6 Å². The van der Waals surface area contributed by atoms with Crippen LogP contribution >= 0.6 is 22.6 Å². The van der Waals surface area contributed by atoms with E-state index in [-0.39, 0.29) is 5.91 Å². The van der Waals surface area contributed by atoms with Gasteiger partial charge in [-0.25, -0.2) is 0 Å². The van der Waals surface area contributed by atoms with E-state index in [1.165, 1.54) is 0 Å². The average molecular weight is 370 g/mol. The number of nitrogens with one attached hydrogen (secondary N) is 1. The predicted molar refractivity (Wildman–Crippen MR) is 83.2 cm³/mol. The predicted octanol–water partition coefficient (Wildman–Crippen LogP) is 3.20. The maximum Gasteiger partial charge on any atom is 0.253 e. The summed E-state index contributed by atoms with van der Waals surface area (Å²) in [6, 6.07) is 11.3. The Kier molecular flexibility index (Phi) is 4.47. The Labute approximate surface area is 125 Å². The minimum atomic E-state index is 0.00661. The molecule has 0 aliphatic carbocycles. The van der Waals surface area contributed by atoms with E-state index < -0.39 is 0 Å². The van der Waals surface area contributed by atoms with Crippen LogP contribution in [0.2, 0.25) is 0 Å². The molecule has 1 aromatic carbocycles. The lowest BCUT2D eigenvalue weighted by Gasteiger charge is -2.11. The second-order valence-electron chi connectivity index (χ2n) is 4.34. The van der Waals surface area contributed by atoms with Gasteiger partial charge in [0.2, 0.25) is 0 Å². The molecular formula is C14H15IN2O2. The van der Waals surface area contributed by atoms with Crippen molar-refractivity contribution in [1.29, 1.82) is 0 Å². The van der Waals surface area contributed by atoms with Crippen LogP contribution in [0.1, 0.15) is 16.1 Å². The van der Waals surface area contributed by atoms with E-state index in [0.29, 0.717) is 12.1 Å². The molecule has 2 rings (SSSR count). The molecule has 0 unspecified atom stereocenters. The zero-order valence-corrected chi connectivity index (χ0v) is 13.0. The fourth-order valence-corrected chi connectivity index (χ4v) is 2.09. The average Bonchev–Trinajstić information content (AvgIpc) is 2.82.